The van der Waals surface area contributed by atoms with E-state index in [0.717, 1.165) is 6.42 Å². The van der Waals surface area contributed by atoms with Gasteiger partial charge in [0.05, 0.1) is 0 Å². The summed E-state index contributed by atoms with van der Waals surface area (Å²) in [7, 11) is 0. The Morgan fingerprint density at radius 1 is 1.36 bits per heavy atom. The van der Waals surface area contributed by atoms with Gasteiger partial charge in [0.15, 0.2) is 0 Å². The van der Waals surface area contributed by atoms with Crippen molar-refractivity contribution >= 4 is 0 Å². The zero-order valence-corrected chi connectivity index (χ0v) is 7.60. The van der Waals surface area contributed by atoms with Crippen LogP contribution in [-0.2, 0) is 0 Å². The predicted molar refractivity (Wildman–Crippen MR) is 49.1 cm³/mol. The van der Waals surface area contributed by atoms with Crippen molar-refractivity contribution in [3.05, 3.63) is 6.92 Å². The van der Waals surface area contributed by atoms with Gasteiger partial charge in [-0.2, -0.15) is 0 Å². The van der Waals surface area contributed by atoms with E-state index in [2.05, 4.69) is 13.8 Å². The third kappa shape index (κ3) is 2.82. The van der Waals surface area contributed by atoms with Crippen molar-refractivity contribution in [3.63, 3.8) is 0 Å². The predicted octanol–water partition coefficient (Wildman–Crippen LogP) is 2.51. The molecule has 0 aromatic rings. The molecule has 0 aromatic carbocycles. The van der Waals surface area contributed by atoms with Crippen LogP contribution >= 0.6 is 0 Å². The first-order valence-corrected chi connectivity index (χ1v) is 4.71. The Balaban J connectivity index is 2.37. The largest absolute Gasteiger partial charge is 0.328 e. The van der Waals surface area contributed by atoms with E-state index in [0.29, 0.717) is 5.41 Å². The zero-order chi connectivity index (χ0) is 8.32. The molecule has 1 rings (SSSR count). The number of rotatable bonds is 2. The summed E-state index contributed by atoms with van der Waals surface area (Å²) in [4.78, 5) is 0. The first-order chi connectivity index (χ1) is 5.12. The topological polar surface area (TPSA) is 26.0 Å². The lowest BCUT2D eigenvalue weighted by Gasteiger charge is -2.34. The number of hydrogen-bond acceptors (Lipinski definition) is 1. The molecule has 1 atom stereocenters. The molecule has 0 amide bonds. The molecule has 1 fully saturated rings. The Kier molecular flexibility index (Phi) is 2.94. The third-order valence-corrected chi connectivity index (χ3v) is 2.82. The Morgan fingerprint density at radius 3 is 2.36 bits per heavy atom. The molecule has 1 aliphatic carbocycles. The maximum atomic E-state index is 5.70. The lowest BCUT2D eigenvalue weighted by Crippen LogP contribution is -2.29. The van der Waals surface area contributed by atoms with Gasteiger partial charge in [-0.15, -0.1) is 0 Å². The van der Waals surface area contributed by atoms with Crippen LogP contribution in [0.5, 0.6) is 0 Å². The minimum Gasteiger partial charge on any atom is -0.328 e. The first-order valence-electron chi connectivity index (χ1n) is 4.71. The van der Waals surface area contributed by atoms with Crippen molar-refractivity contribution < 1.29 is 0 Å². The first kappa shape index (κ1) is 9.05. The Hall–Kier alpha value is -0.0400. The molecule has 65 valence electrons. The Labute approximate surface area is 70.4 Å². The summed E-state index contributed by atoms with van der Waals surface area (Å²) in [6.07, 6.45) is 8.02. The fraction of sp³-hybridized carbons (Fsp3) is 0.900. The lowest BCUT2D eigenvalue weighted by atomic mass is 9.72. The summed E-state index contributed by atoms with van der Waals surface area (Å²) >= 11 is 0. The van der Waals surface area contributed by atoms with Gasteiger partial charge < -0.3 is 5.73 Å². The third-order valence-electron chi connectivity index (χ3n) is 2.82. The van der Waals surface area contributed by atoms with Crippen LogP contribution in [0.25, 0.3) is 0 Å². The average molecular weight is 154 g/mol. The van der Waals surface area contributed by atoms with E-state index in [9.17, 15) is 0 Å². The maximum Gasteiger partial charge on any atom is 0.00445 e. The van der Waals surface area contributed by atoms with Crippen LogP contribution < -0.4 is 5.73 Å². The van der Waals surface area contributed by atoms with E-state index >= 15 is 0 Å². The summed E-state index contributed by atoms with van der Waals surface area (Å²) < 4.78 is 0. The summed E-state index contributed by atoms with van der Waals surface area (Å²) in [6, 6.07) is 0.137. The van der Waals surface area contributed by atoms with Gasteiger partial charge in [0.2, 0.25) is 0 Å². The van der Waals surface area contributed by atoms with Gasteiger partial charge in [0, 0.05) is 6.04 Å². The molecule has 0 spiro atoms. The highest BCUT2D eigenvalue weighted by molar-refractivity contribution is 4.83. The molecule has 1 unspecified atom stereocenters. The molecule has 0 saturated heterocycles. The maximum absolute atomic E-state index is 5.70. The van der Waals surface area contributed by atoms with Gasteiger partial charge in [-0.25, -0.2) is 0 Å². The monoisotopic (exact) mass is 154 g/mol. The van der Waals surface area contributed by atoms with Crippen molar-refractivity contribution in [2.45, 2.75) is 51.5 Å². The molecule has 11 heavy (non-hydrogen) atoms. The van der Waals surface area contributed by atoms with Gasteiger partial charge >= 0.3 is 0 Å². The quantitative estimate of drug-likeness (QED) is 0.649. The molecule has 0 heterocycles. The summed E-state index contributed by atoms with van der Waals surface area (Å²) in [6.45, 7) is 6.21. The van der Waals surface area contributed by atoms with Crippen LogP contribution in [0.1, 0.15) is 45.4 Å². The second kappa shape index (κ2) is 3.57. The van der Waals surface area contributed by atoms with Gasteiger partial charge in [0.25, 0.3) is 0 Å². The van der Waals surface area contributed by atoms with Crippen LogP contribution in [0.2, 0.25) is 0 Å². The fourth-order valence-corrected chi connectivity index (χ4v) is 2.24. The van der Waals surface area contributed by atoms with Gasteiger partial charge in [-0.1, -0.05) is 26.2 Å². The van der Waals surface area contributed by atoms with Crippen molar-refractivity contribution in [3.8, 4) is 0 Å². The molecule has 0 aromatic heterocycles. The Morgan fingerprint density at radius 2 is 1.91 bits per heavy atom. The van der Waals surface area contributed by atoms with Crippen LogP contribution in [0.3, 0.4) is 0 Å². The van der Waals surface area contributed by atoms with E-state index in [1.807, 2.05) is 0 Å². The SMILES string of the molecule is [CH2]C(N)CC1(C)CCCCC1. The smallest absolute Gasteiger partial charge is 0.00445 e. The molecule has 1 heteroatoms. The molecular weight excluding hydrogens is 134 g/mol. The molecule has 1 aliphatic rings. The number of hydrogen-bond donors (Lipinski definition) is 1. The van der Waals surface area contributed by atoms with Gasteiger partial charge in [-0.05, 0) is 31.6 Å². The summed E-state index contributed by atoms with van der Waals surface area (Å²) in [5.74, 6) is 0. The molecule has 1 radical (unpaired) electrons. The van der Waals surface area contributed by atoms with Crippen molar-refractivity contribution in [2.24, 2.45) is 11.1 Å². The highest BCUT2D eigenvalue weighted by Gasteiger charge is 2.27. The highest BCUT2D eigenvalue weighted by atomic mass is 14.6. The van der Waals surface area contributed by atoms with Gasteiger partial charge in [0.1, 0.15) is 0 Å². The van der Waals surface area contributed by atoms with E-state index < -0.39 is 0 Å². The van der Waals surface area contributed by atoms with Crippen LogP contribution in [0, 0.1) is 12.3 Å². The second-order valence-electron chi connectivity index (χ2n) is 4.34. The van der Waals surface area contributed by atoms with E-state index in [4.69, 9.17) is 5.73 Å². The molecule has 0 bridgehead atoms. The molecule has 1 saturated carbocycles. The van der Waals surface area contributed by atoms with Crippen molar-refractivity contribution in [1.29, 1.82) is 0 Å². The van der Waals surface area contributed by atoms with Gasteiger partial charge in [-0.3, -0.25) is 0 Å². The summed E-state index contributed by atoms with van der Waals surface area (Å²) in [5, 5.41) is 0. The summed E-state index contributed by atoms with van der Waals surface area (Å²) in [5.41, 5.74) is 6.21. The van der Waals surface area contributed by atoms with Crippen LogP contribution in [0.15, 0.2) is 0 Å². The van der Waals surface area contributed by atoms with E-state index in [1.54, 1.807) is 0 Å². The minimum absolute atomic E-state index is 0.137. The highest BCUT2D eigenvalue weighted by Crippen LogP contribution is 2.39. The van der Waals surface area contributed by atoms with Crippen LogP contribution in [0.4, 0.5) is 0 Å². The molecule has 2 N–H and O–H groups in total. The second-order valence-corrected chi connectivity index (χ2v) is 4.34. The fourth-order valence-electron chi connectivity index (χ4n) is 2.24. The Bertz CT molecular complexity index is 112. The van der Waals surface area contributed by atoms with E-state index in [-0.39, 0.29) is 6.04 Å². The average Bonchev–Trinajstić information content (AvgIpc) is 1.85. The lowest BCUT2D eigenvalue weighted by molar-refractivity contribution is 0.192. The molecular formula is C10H20N. The van der Waals surface area contributed by atoms with Crippen molar-refractivity contribution in [1.82, 2.24) is 0 Å². The van der Waals surface area contributed by atoms with E-state index in [1.165, 1.54) is 32.1 Å². The zero-order valence-electron chi connectivity index (χ0n) is 7.60. The van der Waals surface area contributed by atoms with Crippen molar-refractivity contribution in [2.75, 3.05) is 0 Å². The molecule has 0 aliphatic heterocycles. The normalized spacial score (nSPS) is 26.5. The standard InChI is InChI=1S/C10H20N/c1-9(11)8-10(2)6-4-3-5-7-10/h9H,1,3-8,11H2,2H3. The van der Waals surface area contributed by atoms with Crippen LogP contribution in [-0.4, -0.2) is 6.04 Å². The number of nitrogens with two attached hydrogens (primary N) is 1. The molecule has 1 nitrogen and oxygen atoms in total. The minimum atomic E-state index is 0.137.